The molecule has 0 heterocycles. The number of unbranched alkanes of at least 4 members (excludes halogenated alkanes) is 1. The van der Waals surface area contributed by atoms with E-state index in [4.69, 9.17) is 16.3 Å². The monoisotopic (exact) mass is 298 g/mol. The van der Waals surface area contributed by atoms with Crippen LogP contribution in [0.15, 0.2) is 0 Å². The average Bonchev–Trinajstić information content (AvgIpc) is 2.15. The van der Waals surface area contributed by atoms with E-state index in [1.807, 2.05) is 0 Å². The molecular formula is C12H27O2PS2. The summed E-state index contributed by atoms with van der Waals surface area (Å²) in [6, 6.07) is 0. The topological polar surface area (TPSA) is 29.5 Å². The Labute approximate surface area is 117 Å². The zero-order valence-corrected chi connectivity index (χ0v) is 14.0. The summed E-state index contributed by atoms with van der Waals surface area (Å²) >= 11 is 8.90. The standard InChI is InChI=1S/C12H27O2PS2/c1-5-7-8-11(6-2)12(9-10(3)4)14-15(13,16)17/h10-12H,5-9H2,1-4H3,(H2,13,16,17). The molecule has 0 spiro atoms. The molecule has 0 bridgehead atoms. The number of rotatable bonds is 9. The second-order valence-corrected chi connectivity index (χ2v) is 10.2. The molecule has 2 nitrogen and oxygen atoms in total. The fourth-order valence-corrected chi connectivity index (χ4v) is 3.39. The molecule has 17 heavy (non-hydrogen) atoms. The van der Waals surface area contributed by atoms with Gasteiger partial charge in [0.2, 0.25) is 5.69 Å². The smallest absolute Gasteiger partial charge is 0.241 e. The van der Waals surface area contributed by atoms with E-state index >= 15 is 0 Å². The van der Waals surface area contributed by atoms with Gasteiger partial charge in [-0.05, 0) is 36.5 Å². The molecule has 3 atom stereocenters. The van der Waals surface area contributed by atoms with E-state index in [2.05, 4.69) is 39.9 Å². The maximum Gasteiger partial charge on any atom is 0.241 e. The lowest BCUT2D eigenvalue weighted by Crippen LogP contribution is -2.24. The van der Waals surface area contributed by atoms with E-state index in [-0.39, 0.29) is 6.10 Å². The lowest BCUT2D eigenvalue weighted by atomic mass is 9.88. The van der Waals surface area contributed by atoms with E-state index in [0.29, 0.717) is 11.8 Å². The van der Waals surface area contributed by atoms with E-state index in [1.54, 1.807) is 0 Å². The van der Waals surface area contributed by atoms with Gasteiger partial charge in [0.25, 0.3) is 0 Å². The van der Waals surface area contributed by atoms with Gasteiger partial charge in [-0.15, -0.1) is 0 Å². The summed E-state index contributed by atoms with van der Waals surface area (Å²) in [6.45, 7) is 8.71. The Morgan fingerprint density at radius 1 is 1.35 bits per heavy atom. The van der Waals surface area contributed by atoms with Crippen molar-refractivity contribution in [1.82, 2.24) is 0 Å². The molecule has 0 amide bonds. The van der Waals surface area contributed by atoms with Crippen molar-refractivity contribution in [3.05, 3.63) is 0 Å². The van der Waals surface area contributed by atoms with Crippen LogP contribution in [-0.4, -0.2) is 11.0 Å². The molecule has 0 saturated carbocycles. The molecule has 0 aromatic heterocycles. The van der Waals surface area contributed by atoms with Crippen LogP contribution < -0.4 is 0 Å². The van der Waals surface area contributed by atoms with Crippen LogP contribution in [0.5, 0.6) is 0 Å². The fraction of sp³-hybridized carbons (Fsp3) is 1.00. The minimum absolute atomic E-state index is 0.0554. The molecule has 0 rings (SSSR count). The first-order valence-electron chi connectivity index (χ1n) is 6.54. The first kappa shape index (κ1) is 17.9. The summed E-state index contributed by atoms with van der Waals surface area (Å²) in [6.07, 6.45) is 5.62. The largest absolute Gasteiger partial charge is 0.338 e. The fourth-order valence-electron chi connectivity index (χ4n) is 2.08. The maximum absolute atomic E-state index is 9.64. The summed E-state index contributed by atoms with van der Waals surface area (Å²) in [7, 11) is 0. The third-order valence-electron chi connectivity index (χ3n) is 2.96. The molecule has 0 aliphatic carbocycles. The van der Waals surface area contributed by atoms with Crippen LogP contribution in [0.4, 0.5) is 0 Å². The third-order valence-corrected chi connectivity index (χ3v) is 4.04. The molecule has 3 unspecified atom stereocenters. The summed E-state index contributed by atoms with van der Waals surface area (Å²) < 4.78 is 5.64. The molecule has 0 aromatic carbocycles. The van der Waals surface area contributed by atoms with Crippen molar-refractivity contribution in [1.29, 1.82) is 0 Å². The predicted molar refractivity (Wildman–Crippen MR) is 83.1 cm³/mol. The van der Waals surface area contributed by atoms with Gasteiger partial charge in [0.1, 0.15) is 0 Å². The summed E-state index contributed by atoms with van der Waals surface area (Å²) in [5.41, 5.74) is -2.85. The van der Waals surface area contributed by atoms with Crippen molar-refractivity contribution in [3.8, 4) is 0 Å². The van der Waals surface area contributed by atoms with E-state index < -0.39 is 5.69 Å². The summed E-state index contributed by atoms with van der Waals surface area (Å²) in [5, 5.41) is 0. The molecule has 0 aromatic rings. The lowest BCUT2D eigenvalue weighted by Gasteiger charge is -2.29. The van der Waals surface area contributed by atoms with Crippen molar-refractivity contribution < 1.29 is 9.42 Å². The van der Waals surface area contributed by atoms with Crippen LogP contribution in [0.25, 0.3) is 0 Å². The van der Waals surface area contributed by atoms with Crippen molar-refractivity contribution in [2.45, 2.75) is 65.9 Å². The zero-order valence-electron chi connectivity index (χ0n) is 11.4. The van der Waals surface area contributed by atoms with Gasteiger partial charge in [-0.2, -0.15) is 0 Å². The van der Waals surface area contributed by atoms with Crippen molar-refractivity contribution >= 4 is 29.7 Å². The van der Waals surface area contributed by atoms with Crippen molar-refractivity contribution in [2.75, 3.05) is 0 Å². The second-order valence-electron chi connectivity index (χ2n) is 5.07. The molecule has 5 heteroatoms. The SMILES string of the molecule is CCCCC(CC)C(CC(C)C)OP(O)(=S)S. The van der Waals surface area contributed by atoms with Gasteiger partial charge < -0.3 is 9.42 Å². The normalized spacial score (nSPS) is 19.0. The molecule has 0 radical (unpaired) electrons. The summed E-state index contributed by atoms with van der Waals surface area (Å²) in [5.74, 6) is 1.03. The minimum atomic E-state index is -2.85. The second kappa shape index (κ2) is 8.92. The van der Waals surface area contributed by atoms with Crippen LogP contribution in [0.2, 0.25) is 0 Å². The zero-order chi connectivity index (χ0) is 13.5. The third kappa shape index (κ3) is 9.49. The number of hydrogen-bond donors (Lipinski definition) is 2. The van der Waals surface area contributed by atoms with Crippen LogP contribution in [-0.2, 0) is 16.3 Å². The first-order valence-corrected chi connectivity index (χ1v) is 10.4. The Kier molecular flexibility index (Phi) is 9.41. The van der Waals surface area contributed by atoms with Gasteiger partial charge in [0.05, 0.1) is 6.10 Å². The molecular weight excluding hydrogens is 271 g/mol. The quantitative estimate of drug-likeness (QED) is 0.474. The van der Waals surface area contributed by atoms with Crippen molar-refractivity contribution in [2.24, 2.45) is 11.8 Å². The summed E-state index contributed by atoms with van der Waals surface area (Å²) in [4.78, 5) is 9.64. The van der Waals surface area contributed by atoms with Crippen LogP contribution in [0.3, 0.4) is 0 Å². The number of thiol groups is 1. The highest BCUT2D eigenvalue weighted by atomic mass is 32.9. The lowest BCUT2D eigenvalue weighted by molar-refractivity contribution is 0.107. The Balaban J connectivity index is 4.55. The highest BCUT2D eigenvalue weighted by Gasteiger charge is 2.25. The van der Waals surface area contributed by atoms with Crippen LogP contribution >= 0.6 is 17.9 Å². The first-order chi connectivity index (χ1) is 7.80. The Hall–Kier alpha value is 0.920. The van der Waals surface area contributed by atoms with E-state index in [9.17, 15) is 4.89 Å². The molecule has 104 valence electrons. The van der Waals surface area contributed by atoms with Crippen molar-refractivity contribution in [3.63, 3.8) is 0 Å². The molecule has 0 aliphatic rings. The molecule has 0 fully saturated rings. The minimum Gasteiger partial charge on any atom is -0.338 e. The Bertz CT molecular complexity index is 241. The predicted octanol–water partition coefficient (Wildman–Crippen LogP) is 4.78. The maximum atomic E-state index is 9.64. The van der Waals surface area contributed by atoms with E-state index in [1.165, 1.54) is 12.8 Å². The van der Waals surface area contributed by atoms with Crippen LogP contribution in [0, 0.1) is 11.8 Å². The Morgan fingerprint density at radius 2 is 1.94 bits per heavy atom. The van der Waals surface area contributed by atoms with Gasteiger partial charge in [0.15, 0.2) is 0 Å². The number of hydrogen-bond acceptors (Lipinski definition) is 2. The van der Waals surface area contributed by atoms with Gasteiger partial charge in [-0.1, -0.05) is 59.2 Å². The Morgan fingerprint density at radius 3 is 2.29 bits per heavy atom. The van der Waals surface area contributed by atoms with Gasteiger partial charge in [0, 0.05) is 0 Å². The van der Waals surface area contributed by atoms with Gasteiger partial charge >= 0.3 is 0 Å². The average molecular weight is 298 g/mol. The van der Waals surface area contributed by atoms with Crippen LogP contribution in [0.1, 0.15) is 59.8 Å². The molecule has 0 aliphatic heterocycles. The van der Waals surface area contributed by atoms with Gasteiger partial charge in [-0.3, -0.25) is 0 Å². The highest BCUT2D eigenvalue weighted by Crippen LogP contribution is 2.50. The molecule has 1 N–H and O–H groups in total. The molecule has 0 saturated heterocycles. The highest BCUT2D eigenvalue weighted by molar-refractivity contribution is 8.59. The van der Waals surface area contributed by atoms with E-state index in [0.717, 1.165) is 19.3 Å². The van der Waals surface area contributed by atoms with Gasteiger partial charge in [-0.25, -0.2) is 0 Å².